The number of aromatic nitrogens is 1. The number of ether oxygens (including phenoxy) is 1. The molecule has 1 aliphatic heterocycles. The Labute approximate surface area is 83.1 Å². The zero-order valence-corrected chi connectivity index (χ0v) is 8.23. The summed E-state index contributed by atoms with van der Waals surface area (Å²) in [4.78, 5) is 6.36. The Balaban J connectivity index is 2.24. The summed E-state index contributed by atoms with van der Waals surface area (Å²) >= 11 is 0. The van der Waals surface area contributed by atoms with E-state index in [-0.39, 0.29) is 5.75 Å². The minimum Gasteiger partial charge on any atom is -0.504 e. The van der Waals surface area contributed by atoms with Gasteiger partial charge in [-0.25, -0.2) is 4.98 Å². The first-order chi connectivity index (χ1) is 6.77. The van der Waals surface area contributed by atoms with Crippen molar-refractivity contribution in [3.63, 3.8) is 0 Å². The molecule has 1 aromatic rings. The molecule has 0 unspecified atom stereocenters. The highest BCUT2D eigenvalue weighted by Crippen LogP contribution is 2.25. The number of nitrogens with zero attached hydrogens (tertiary/aromatic N) is 2. The fourth-order valence-electron chi connectivity index (χ4n) is 1.54. The lowest BCUT2D eigenvalue weighted by atomic mass is 10.3. The zero-order chi connectivity index (χ0) is 9.97. The third-order valence-electron chi connectivity index (χ3n) is 2.30. The average Bonchev–Trinajstić information content (AvgIpc) is 2.23. The summed E-state index contributed by atoms with van der Waals surface area (Å²) in [5, 5.41) is 9.64. The average molecular weight is 194 g/mol. The molecule has 0 spiro atoms. The van der Waals surface area contributed by atoms with Crippen molar-refractivity contribution < 1.29 is 9.84 Å². The number of hydrogen-bond donors (Lipinski definition) is 1. The predicted octanol–water partition coefficient (Wildman–Crippen LogP) is 0.932. The number of hydrogen-bond acceptors (Lipinski definition) is 4. The maximum Gasteiger partial charge on any atom is 0.171 e. The molecule has 0 radical (unpaired) electrons. The van der Waals surface area contributed by atoms with Gasteiger partial charge in [0.25, 0.3) is 0 Å². The molecule has 1 N–H and O–H groups in total. The van der Waals surface area contributed by atoms with Crippen LogP contribution in [0.25, 0.3) is 0 Å². The largest absolute Gasteiger partial charge is 0.504 e. The number of anilines is 1. The number of aromatic hydroxyl groups is 1. The van der Waals surface area contributed by atoms with E-state index in [0.717, 1.165) is 18.8 Å². The van der Waals surface area contributed by atoms with E-state index in [1.807, 2.05) is 11.8 Å². The first-order valence-corrected chi connectivity index (χ1v) is 4.76. The SMILES string of the molecule is Cc1ccc(O)c(N2CCOCC2)n1. The van der Waals surface area contributed by atoms with Gasteiger partial charge in [0.05, 0.1) is 13.2 Å². The molecule has 14 heavy (non-hydrogen) atoms. The fourth-order valence-corrected chi connectivity index (χ4v) is 1.54. The van der Waals surface area contributed by atoms with Crippen LogP contribution < -0.4 is 4.90 Å². The zero-order valence-electron chi connectivity index (χ0n) is 8.23. The van der Waals surface area contributed by atoms with Crippen molar-refractivity contribution in [2.45, 2.75) is 6.92 Å². The van der Waals surface area contributed by atoms with Gasteiger partial charge in [-0.2, -0.15) is 0 Å². The quantitative estimate of drug-likeness (QED) is 0.722. The van der Waals surface area contributed by atoms with Gasteiger partial charge in [0.2, 0.25) is 0 Å². The van der Waals surface area contributed by atoms with Crippen LogP contribution >= 0.6 is 0 Å². The molecule has 4 heteroatoms. The lowest BCUT2D eigenvalue weighted by Crippen LogP contribution is -2.36. The van der Waals surface area contributed by atoms with Crippen LogP contribution in [0.4, 0.5) is 5.82 Å². The second kappa shape index (κ2) is 3.84. The van der Waals surface area contributed by atoms with Crippen LogP contribution in [0.15, 0.2) is 12.1 Å². The summed E-state index contributed by atoms with van der Waals surface area (Å²) in [6, 6.07) is 3.49. The Morgan fingerprint density at radius 1 is 1.36 bits per heavy atom. The van der Waals surface area contributed by atoms with Gasteiger partial charge in [0.15, 0.2) is 11.6 Å². The maximum atomic E-state index is 9.64. The maximum absolute atomic E-state index is 9.64. The second-order valence-electron chi connectivity index (χ2n) is 3.39. The third-order valence-corrected chi connectivity index (χ3v) is 2.30. The van der Waals surface area contributed by atoms with Crippen LogP contribution in [0, 0.1) is 6.92 Å². The molecule has 1 saturated heterocycles. The highest BCUT2D eigenvalue weighted by Gasteiger charge is 2.15. The first-order valence-electron chi connectivity index (χ1n) is 4.76. The van der Waals surface area contributed by atoms with Crippen molar-refractivity contribution in [2.75, 3.05) is 31.2 Å². The van der Waals surface area contributed by atoms with E-state index in [1.54, 1.807) is 12.1 Å². The van der Waals surface area contributed by atoms with Gasteiger partial charge in [-0.1, -0.05) is 0 Å². The van der Waals surface area contributed by atoms with Crippen LogP contribution in [-0.2, 0) is 4.74 Å². The van der Waals surface area contributed by atoms with Gasteiger partial charge >= 0.3 is 0 Å². The number of pyridine rings is 1. The van der Waals surface area contributed by atoms with E-state index in [1.165, 1.54) is 0 Å². The van der Waals surface area contributed by atoms with Crippen LogP contribution in [-0.4, -0.2) is 36.4 Å². The minimum atomic E-state index is 0.248. The van der Waals surface area contributed by atoms with E-state index in [9.17, 15) is 5.11 Å². The Hall–Kier alpha value is -1.29. The van der Waals surface area contributed by atoms with Gasteiger partial charge in [-0.3, -0.25) is 0 Å². The monoisotopic (exact) mass is 194 g/mol. The van der Waals surface area contributed by atoms with E-state index >= 15 is 0 Å². The molecule has 0 aromatic carbocycles. The highest BCUT2D eigenvalue weighted by molar-refractivity contribution is 5.52. The molecule has 1 aromatic heterocycles. The molecule has 0 atom stereocenters. The molecule has 0 amide bonds. The first kappa shape index (κ1) is 9.27. The lowest BCUT2D eigenvalue weighted by molar-refractivity contribution is 0.122. The molecular weight excluding hydrogens is 180 g/mol. The van der Waals surface area contributed by atoms with Gasteiger partial charge in [-0.05, 0) is 19.1 Å². The predicted molar refractivity (Wildman–Crippen MR) is 53.7 cm³/mol. The van der Waals surface area contributed by atoms with E-state index in [0.29, 0.717) is 19.0 Å². The molecule has 1 aliphatic rings. The van der Waals surface area contributed by atoms with Crippen LogP contribution in [0.2, 0.25) is 0 Å². The van der Waals surface area contributed by atoms with Crippen molar-refractivity contribution in [3.8, 4) is 5.75 Å². The van der Waals surface area contributed by atoms with Gasteiger partial charge in [-0.15, -0.1) is 0 Å². The topological polar surface area (TPSA) is 45.6 Å². The number of rotatable bonds is 1. The summed E-state index contributed by atoms with van der Waals surface area (Å²) in [6.07, 6.45) is 0. The van der Waals surface area contributed by atoms with E-state index < -0.39 is 0 Å². The molecule has 0 bridgehead atoms. The Bertz CT molecular complexity index is 322. The van der Waals surface area contributed by atoms with E-state index in [2.05, 4.69) is 4.98 Å². The minimum absolute atomic E-state index is 0.248. The molecule has 2 heterocycles. The molecule has 0 aliphatic carbocycles. The highest BCUT2D eigenvalue weighted by atomic mass is 16.5. The number of aryl methyl sites for hydroxylation is 1. The summed E-state index contributed by atoms with van der Waals surface area (Å²) in [6.45, 7) is 4.92. The third kappa shape index (κ3) is 1.80. The van der Waals surface area contributed by atoms with Crippen LogP contribution in [0.5, 0.6) is 5.75 Å². The Morgan fingerprint density at radius 2 is 2.07 bits per heavy atom. The van der Waals surface area contributed by atoms with Crippen molar-refractivity contribution >= 4 is 5.82 Å². The smallest absolute Gasteiger partial charge is 0.171 e. The van der Waals surface area contributed by atoms with Crippen molar-refractivity contribution in [2.24, 2.45) is 0 Å². The number of morpholine rings is 1. The van der Waals surface area contributed by atoms with Crippen molar-refractivity contribution in [1.29, 1.82) is 0 Å². The van der Waals surface area contributed by atoms with Crippen LogP contribution in [0.3, 0.4) is 0 Å². The molecule has 1 fully saturated rings. The van der Waals surface area contributed by atoms with Crippen LogP contribution in [0.1, 0.15) is 5.69 Å². The standard InChI is InChI=1S/C10H14N2O2/c1-8-2-3-9(13)10(11-8)12-4-6-14-7-5-12/h2-3,13H,4-7H2,1H3. The summed E-state index contributed by atoms with van der Waals surface area (Å²) in [7, 11) is 0. The second-order valence-corrected chi connectivity index (χ2v) is 3.39. The van der Waals surface area contributed by atoms with E-state index in [4.69, 9.17) is 4.74 Å². The van der Waals surface area contributed by atoms with Crippen molar-refractivity contribution in [3.05, 3.63) is 17.8 Å². The molecule has 0 saturated carbocycles. The normalized spacial score (nSPS) is 17.1. The lowest BCUT2D eigenvalue weighted by Gasteiger charge is -2.28. The summed E-state index contributed by atoms with van der Waals surface area (Å²) in [5.74, 6) is 0.922. The fraction of sp³-hybridized carbons (Fsp3) is 0.500. The Morgan fingerprint density at radius 3 is 2.79 bits per heavy atom. The molecule has 4 nitrogen and oxygen atoms in total. The molecule has 76 valence electrons. The molecular formula is C10H14N2O2. The summed E-state index contributed by atoms with van der Waals surface area (Å²) < 4.78 is 5.24. The Kier molecular flexibility index (Phi) is 2.54. The van der Waals surface area contributed by atoms with Crippen molar-refractivity contribution in [1.82, 2.24) is 4.98 Å². The van der Waals surface area contributed by atoms with Gasteiger partial charge < -0.3 is 14.7 Å². The molecule has 2 rings (SSSR count). The van der Waals surface area contributed by atoms with Gasteiger partial charge in [0, 0.05) is 18.8 Å². The summed E-state index contributed by atoms with van der Waals surface area (Å²) in [5.41, 5.74) is 0.921. The van der Waals surface area contributed by atoms with Gasteiger partial charge in [0.1, 0.15) is 0 Å².